The van der Waals surface area contributed by atoms with Crippen LogP contribution in [0.4, 0.5) is 17.6 Å². The number of hydrazone groups is 1. The predicted molar refractivity (Wildman–Crippen MR) is 84.3 cm³/mol. The Kier molecular flexibility index (Phi) is 4.66. The minimum atomic E-state index is -0.638. The molecule has 0 unspecified atom stereocenters. The van der Waals surface area contributed by atoms with Gasteiger partial charge in [-0.15, -0.1) is 0 Å². The summed E-state index contributed by atoms with van der Waals surface area (Å²) in [5.74, 6) is -0.217. The Morgan fingerprint density at radius 3 is 2.64 bits per heavy atom. The molecule has 0 saturated heterocycles. The fourth-order valence-electron chi connectivity index (χ4n) is 1.73. The highest BCUT2D eigenvalue weighted by Crippen LogP contribution is 2.12. The molecule has 0 saturated carbocycles. The van der Waals surface area contributed by atoms with Gasteiger partial charge < -0.3 is 15.0 Å². The van der Waals surface area contributed by atoms with E-state index in [1.54, 1.807) is 6.21 Å². The Morgan fingerprint density at radius 2 is 2.09 bits per heavy atom. The Bertz CT molecular complexity index is 676. The number of benzene rings is 1. The lowest BCUT2D eigenvalue weighted by Crippen LogP contribution is -2.08. The number of aromatic nitrogens is 3. The molecule has 0 aliphatic rings. The summed E-state index contributed by atoms with van der Waals surface area (Å²) in [7, 11) is 3.93. The molecule has 0 radical (unpaired) electrons. The van der Waals surface area contributed by atoms with Gasteiger partial charge in [-0.3, -0.25) is 0 Å². The minimum absolute atomic E-state index is 0.232. The molecular formula is C13H17N7O2. The van der Waals surface area contributed by atoms with E-state index in [0.717, 1.165) is 11.3 Å². The molecule has 116 valence electrons. The van der Waals surface area contributed by atoms with Gasteiger partial charge in [-0.1, -0.05) is 12.1 Å². The van der Waals surface area contributed by atoms with Crippen LogP contribution in [0.1, 0.15) is 12.5 Å². The van der Waals surface area contributed by atoms with Gasteiger partial charge in [0.2, 0.25) is 0 Å². The summed E-state index contributed by atoms with van der Waals surface area (Å²) >= 11 is 0. The van der Waals surface area contributed by atoms with Crippen LogP contribution < -0.4 is 10.3 Å². The molecule has 0 fully saturated rings. The Morgan fingerprint density at radius 1 is 1.41 bits per heavy atom. The van der Waals surface area contributed by atoms with Crippen molar-refractivity contribution in [1.29, 1.82) is 0 Å². The standard InChI is InChI=1S/C13H17N7O2/c1-4-19-12(15-13(17-19)20(21)22)16-14-9-10-5-7-11(8-6-10)18(2)3/h5-9H,4H2,1-3H3,(H,15,16,17). The molecule has 0 amide bonds. The molecule has 22 heavy (non-hydrogen) atoms. The van der Waals surface area contributed by atoms with Gasteiger partial charge in [-0.2, -0.15) is 9.78 Å². The summed E-state index contributed by atoms with van der Waals surface area (Å²) in [6.07, 6.45) is 1.61. The van der Waals surface area contributed by atoms with E-state index in [1.165, 1.54) is 4.68 Å². The monoisotopic (exact) mass is 303 g/mol. The minimum Gasteiger partial charge on any atom is -0.390 e. The van der Waals surface area contributed by atoms with E-state index >= 15 is 0 Å². The SMILES string of the molecule is CCn1nc([N+](=O)[O-])nc1NN=Cc1ccc(N(C)C)cc1. The van der Waals surface area contributed by atoms with Gasteiger partial charge in [0.1, 0.15) is 0 Å². The van der Waals surface area contributed by atoms with E-state index in [4.69, 9.17) is 0 Å². The fourth-order valence-corrected chi connectivity index (χ4v) is 1.73. The molecular weight excluding hydrogens is 286 g/mol. The molecule has 9 nitrogen and oxygen atoms in total. The molecule has 2 rings (SSSR count). The number of anilines is 2. The van der Waals surface area contributed by atoms with Gasteiger partial charge in [0.05, 0.1) is 12.8 Å². The zero-order chi connectivity index (χ0) is 16.1. The molecule has 0 bridgehead atoms. The van der Waals surface area contributed by atoms with E-state index in [2.05, 4.69) is 20.6 Å². The van der Waals surface area contributed by atoms with E-state index in [0.29, 0.717) is 6.54 Å². The highest BCUT2D eigenvalue weighted by Gasteiger charge is 2.19. The van der Waals surface area contributed by atoms with Gasteiger partial charge in [-0.25, -0.2) is 5.43 Å². The van der Waals surface area contributed by atoms with E-state index < -0.39 is 10.9 Å². The number of aryl methyl sites for hydroxylation is 1. The number of nitrogens with one attached hydrogen (secondary N) is 1. The third-order valence-corrected chi connectivity index (χ3v) is 2.91. The van der Waals surface area contributed by atoms with Crippen molar-refractivity contribution in [3.63, 3.8) is 0 Å². The second-order valence-corrected chi connectivity index (χ2v) is 4.66. The Balaban J connectivity index is 2.07. The normalized spacial score (nSPS) is 10.9. The number of nitro groups is 1. The molecule has 2 aromatic rings. The highest BCUT2D eigenvalue weighted by molar-refractivity contribution is 5.80. The molecule has 1 aromatic carbocycles. The number of hydrogen-bond donors (Lipinski definition) is 1. The van der Waals surface area contributed by atoms with Gasteiger partial charge >= 0.3 is 11.9 Å². The lowest BCUT2D eigenvalue weighted by Gasteiger charge is -2.11. The quantitative estimate of drug-likeness (QED) is 0.495. The first kappa shape index (κ1) is 15.4. The van der Waals surface area contributed by atoms with Crippen molar-refractivity contribution in [1.82, 2.24) is 14.8 Å². The van der Waals surface area contributed by atoms with Crippen molar-refractivity contribution in [3.05, 3.63) is 39.9 Å². The number of nitrogens with zero attached hydrogens (tertiary/aromatic N) is 6. The smallest absolute Gasteiger partial charge is 0.390 e. The lowest BCUT2D eigenvalue weighted by atomic mass is 10.2. The highest BCUT2D eigenvalue weighted by atomic mass is 16.6. The topological polar surface area (TPSA) is 101 Å². The maximum atomic E-state index is 10.7. The van der Waals surface area contributed by atoms with E-state index in [1.807, 2.05) is 50.2 Å². The average Bonchev–Trinajstić information content (AvgIpc) is 2.91. The van der Waals surface area contributed by atoms with E-state index in [-0.39, 0.29) is 5.95 Å². The first-order valence-electron chi connectivity index (χ1n) is 6.67. The molecule has 1 aromatic heterocycles. The Labute approximate surface area is 127 Å². The van der Waals surface area contributed by atoms with Crippen LogP contribution >= 0.6 is 0 Å². The first-order chi connectivity index (χ1) is 10.5. The van der Waals surface area contributed by atoms with Crippen molar-refractivity contribution in [3.8, 4) is 0 Å². The summed E-state index contributed by atoms with van der Waals surface area (Å²) in [4.78, 5) is 15.8. The molecule has 1 N–H and O–H groups in total. The van der Waals surface area contributed by atoms with Crippen molar-refractivity contribution in [2.45, 2.75) is 13.5 Å². The fraction of sp³-hybridized carbons (Fsp3) is 0.308. The number of hydrogen-bond acceptors (Lipinski definition) is 7. The van der Waals surface area contributed by atoms with Gasteiger partial charge in [-0.05, 0) is 34.5 Å². The van der Waals surface area contributed by atoms with Crippen LogP contribution in [0.3, 0.4) is 0 Å². The summed E-state index contributed by atoms with van der Waals surface area (Å²) in [6.45, 7) is 2.27. The number of rotatable bonds is 6. The van der Waals surface area contributed by atoms with Gasteiger partial charge in [0.25, 0.3) is 0 Å². The third-order valence-electron chi connectivity index (χ3n) is 2.91. The first-order valence-corrected chi connectivity index (χ1v) is 6.67. The lowest BCUT2D eigenvalue weighted by molar-refractivity contribution is -0.394. The van der Waals surface area contributed by atoms with Gasteiger partial charge in [0.15, 0.2) is 0 Å². The van der Waals surface area contributed by atoms with Crippen molar-refractivity contribution < 1.29 is 4.92 Å². The molecule has 9 heteroatoms. The summed E-state index contributed by atoms with van der Waals surface area (Å²) in [5, 5.41) is 18.4. The zero-order valence-corrected chi connectivity index (χ0v) is 12.6. The van der Waals surface area contributed by atoms with Gasteiger partial charge in [0, 0.05) is 24.9 Å². The van der Waals surface area contributed by atoms with Crippen molar-refractivity contribution in [2.24, 2.45) is 5.10 Å². The summed E-state index contributed by atoms with van der Waals surface area (Å²) < 4.78 is 1.38. The summed E-state index contributed by atoms with van der Waals surface area (Å²) in [5.41, 5.74) is 4.66. The van der Waals surface area contributed by atoms with Crippen LogP contribution in [0.25, 0.3) is 0 Å². The van der Waals surface area contributed by atoms with Crippen LogP contribution in [-0.2, 0) is 6.54 Å². The van der Waals surface area contributed by atoms with Crippen LogP contribution in [-0.4, -0.2) is 40.0 Å². The molecule has 0 aliphatic heterocycles. The second kappa shape index (κ2) is 6.66. The third kappa shape index (κ3) is 3.57. The van der Waals surface area contributed by atoms with Crippen molar-refractivity contribution >= 4 is 23.8 Å². The van der Waals surface area contributed by atoms with Crippen LogP contribution in [0.5, 0.6) is 0 Å². The second-order valence-electron chi connectivity index (χ2n) is 4.66. The molecule has 0 aliphatic carbocycles. The van der Waals surface area contributed by atoms with Crippen LogP contribution in [0.15, 0.2) is 29.4 Å². The maximum absolute atomic E-state index is 10.7. The predicted octanol–water partition coefficient (Wildman–Crippen LogP) is 1.72. The zero-order valence-electron chi connectivity index (χ0n) is 12.6. The summed E-state index contributed by atoms with van der Waals surface area (Å²) in [6, 6.07) is 7.79. The van der Waals surface area contributed by atoms with Crippen molar-refractivity contribution in [2.75, 3.05) is 24.4 Å². The van der Waals surface area contributed by atoms with Crippen LogP contribution in [0, 0.1) is 10.1 Å². The van der Waals surface area contributed by atoms with Crippen LogP contribution in [0.2, 0.25) is 0 Å². The molecule has 1 heterocycles. The molecule has 0 atom stereocenters. The largest absolute Gasteiger partial charge is 0.493 e. The average molecular weight is 303 g/mol. The molecule has 0 spiro atoms. The Hall–Kier alpha value is -2.97. The van der Waals surface area contributed by atoms with E-state index in [9.17, 15) is 10.1 Å². The maximum Gasteiger partial charge on any atom is 0.493 e.